The highest BCUT2D eigenvalue weighted by Crippen LogP contribution is 2.46. The van der Waals surface area contributed by atoms with E-state index < -0.39 is 15.8 Å². The number of halogens is 2. The smallest absolute Gasteiger partial charge is 0.187 e. The molecule has 0 bridgehead atoms. The van der Waals surface area contributed by atoms with Crippen molar-refractivity contribution < 1.29 is 22.3 Å². The van der Waals surface area contributed by atoms with E-state index >= 15 is 0 Å². The third-order valence-corrected chi connectivity index (χ3v) is 7.21. The van der Waals surface area contributed by atoms with Crippen LogP contribution in [0.1, 0.15) is 17.9 Å². The fourth-order valence-corrected chi connectivity index (χ4v) is 5.84. The molecular formula is C16H13FINO4S. The Labute approximate surface area is 152 Å². The molecule has 3 aliphatic rings. The van der Waals surface area contributed by atoms with Crippen molar-refractivity contribution in [2.75, 3.05) is 19.0 Å². The van der Waals surface area contributed by atoms with Crippen LogP contribution in [-0.2, 0) is 19.4 Å². The number of allylic oxidation sites excluding steroid dienone is 2. The molecule has 0 radical (unpaired) electrons. The van der Waals surface area contributed by atoms with Crippen molar-refractivity contribution in [2.45, 2.75) is 12.3 Å². The standard InChI is InChI=1S/C16H13FINO4S/c17-9-2-1-8(5-10(9)18)14-15-12(6-23-7-13(15)20)19-11-3-4-24(21,22)16(11)14/h1-2,5,14,19H,3-4,6-7H2/t14-/m0/s1. The number of ether oxygens (including phenoxy) is 1. The van der Waals surface area contributed by atoms with Crippen molar-refractivity contribution in [3.05, 3.63) is 55.0 Å². The van der Waals surface area contributed by atoms with Crippen LogP contribution in [-0.4, -0.2) is 33.2 Å². The summed E-state index contributed by atoms with van der Waals surface area (Å²) in [5, 5.41) is 3.09. The van der Waals surface area contributed by atoms with Gasteiger partial charge in [-0.3, -0.25) is 4.79 Å². The molecule has 0 aromatic heterocycles. The van der Waals surface area contributed by atoms with Gasteiger partial charge >= 0.3 is 0 Å². The molecule has 0 aliphatic carbocycles. The van der Waals surface area contributed by atoms with E-state index in [2.05, 4.69) is 5.32 Å². The zero-order valence-electron chi connectivity index (χ0n) is 12.4. The lowest BCUT2D eigenvalue weighted by molar-refractivity contribution is -0.121. The SMILES string of the molecule is O=C1COCC2=C1[C@H](c1ccc(F)c(I)c1)C1=C(CCS1(=O)=O)N2. The summed E-state index contributed by atoms with van der Waals surface area (Å²) in [6, 6.07) is 4.47. The molecule has 126 valence electrons. The molecule has 1 aromatic rings. The van der Waals surface area contributed by atoms with Crippen LogP contribution >= 0.6 is 22.6 Å². The molecule has 1 aromatic carbocycles. The van der Waals surface area contributed by atoms with Gasteiger partial charge in [0.2, 0.25) is 0 Å². The van der Waals surface area contributed by atoms with Gasteiger partial charge in [-0.2, -0.15) is 0 Å². The van der Waals surface area contributed by atoms with E-state index in [0.29, 0.717) is 32.5 Å². The van der Waals surface area contributed by atoms with Gasteiger partial charge < -0.3 is 10.1 Å². The van der Waals surface area contributed by atoms with Crippen LogP contribution in [0.4, 0.5) is 4.39 Å². The first-order chi connectivity index (χ1) is 11.4. The third-order valence-electron chi connectivity index (χ3n) is 4.49. The Morgan fingerprint density at radius 2 is 2.04 bits per heavy atom. The molecule has 3 heterocycles. The van der Waals surface area contributed by atoms with Crippen molar-refractivity contribution in [2.24, 2.45) is 0 Å². The minimum absolute atomic E-state index is 0.0229. The Hall–Kier alpha value is -1.26. The number of dihydropyridines is 1. The molecule has 0 unspecified atom stereocenters. The molecule has 8 heteroatoms. The van der Waals surface area contributed by atoms with Crippen molar-refractivity contribution in [3.63, 3.8) is 0 Å². The number of ketones is 1. The van der Waals surface area contributed by atoms with E-state index in [1.165, 1.54) is 6.07 Å². The first-order valence-corrected chi connectivity index (χ1v) is 10.1. The van der Waals surface area contributed by atoms with Crippen LogP contribution < -0.4 is 5.32 Å². The van der Waals surface area contributed by atoms with Crippen molar-refractivity contribution in [3.8, 4) is 0 Å². The molecule has 3 aliphatic heterocycles. The largest absolute Gasteiger partial charge is 0.367 e. The van der Waals surface area contributed by atoms with Gasteiger partial charge in [0.1, 0.15) is 12.4 Å². The molecule has 24 heavy (non-hydrogen) atoms. The fraction of sp³-hybridized carbons (Fsp3) is 0.312. The van der Waals surface area contributed by atoms with Crippen LogP contribution in [0.5, 0.6) is 0 Å². The van der Waals surface area contributed by atoms with E-state index in [1.807, 2.05) is 22.6 Å². The Bertz CT molecular complexity index is 935. The Morgan fingerprint density at radius 1 is 1.25 bits per heavy atom. The number of carbonyl (C=O) groups is 1. The van der Waals surface area contributed by atoms with Crippen molar-refractivity contribution >= 4 is 38.2 Å². The highest BCUT2D eigenvalue weighted by atomic mass is 127. The van der Waals surface area contributed by atoms with Gasteiger partial charge in [-0.15, -0.1) is 0 Å². The summed E-state index contributed by atoms with van der Waals surface area (Å²) in [5.41, 5.74) is 2.28. The number of hydrogen-bond acceptors (Lipinski definition) is 5. The first kappa shape index (κ1) is 16.2. The number of carbonyl (C=O) groups excluding carboxylic acids is 1. The van der Waals surface area contributed by atoms with Gasteiger partial charge in [-0.1, -0.05) is 6.07 Å². The zero-order chi connectivity index (χ0) is 17.1. The molecule has 1 N–H and O–H groups in total. The van der Waals surface area contributed by atoms with Crippen LogP contribution in [0.25, 0.3) is 0 Å². The van der Waals surface area contributed by atoms with Crippen LogP contribution in [0.3, 0.4) is 0 Å². The van der Waals surface area contributed by atoms with Crippen LogP contribution in [0.2, 0.25) is 0 Å². The van der Waals surface area contributed by atoms with E-state index in [1.54, 1.807) is 12.1 Å². The predicted octanol–water partition coefficient (Wildman–Crippen LogP) is 2.00. The van der Waals surface area contributed by atoms with E-state index in [9.17, 15) is 17.6 Å². The maximum atomic E-state index is 13.6. The van der Waals surface area contributed by atoms with Gasteiger partial charge in [0.25, 0.3) is 0 Å². The normalized spacial score (nSPS) is 25.4. The molecule has 0 saturated carbocycles. The first-order valence-electron chi connectivity index (χ1n) is 7.40. The van der Waals surface area contributed by atoms with Gasteiger partial charge in [-0.05, 0) is 40.3 Å². The molecule has 0 spiro atoms. The summed E-state index contributed by atoms with van der Waals surface area (Å²) in [6.45, 7) is 0.171. The van der Waals surface area contributed by atoms with Gasteiger partial charge in [0.15, 0.2) is 15.6 Å². The summed E-state index contributed by atoms with van der Waals surface area (Å²) in [5.74, 6) is -1.27. The van der Waals surface area contributed by atoms with E-state index in [-0.39, 0.29) is 35.5 Å². The second kappa shape index (κ2) is 5.63. The quantitative estimate of drug-likeness (QED) is 0.649. The Balaban J connectivity index is 1.96. The molecule has 0 fully saturated rings. The monoisotopic (exact) mass is 461 g/mol. The molecule has 0 amide bonds. The number of nitrogens with one attached hydrogen (secondary N) is 1. The van der Waals surface area contributed by atoms with Gasteiger partial charge in [0.05, 0.1) is 23.2 Å². The predicted molar refractivity (Wildman–Crippen MR) is 93.3 cm³/mol. The fourth-order valence-electron chi connectivity index (χ4n) is 3.47. The molecule has 0 saturated heterocycles. The molecule has 4 rings (SSSR count). The second-order valence-corrected chi connectivity index (χ2v) is 9.19. The Morgan fingerprint density at radius 3 is 2.79 bits per heavy atom. The van der Waals surface area contributed by atoms with Crippen LogP contribution in [0, 0.1) is 9.39 Å². The summed E-state index contributed by atoms with van der Waals surface area (Å²) < 4.78 is 44.5. The topological polar surface area (TPSA) is 72.5 Å². The number of hydrogen-bond donors (Lipinski definition) is 1. The number of benzene rings is 1. The van der Waals surface area contributed by atoms with Gasteiger partial charge in [-0.25, -0.2) is 12.8 Å². The van der Waals surface area contributed by atoms with Crippen molar-refractivity contribution in [1.82, 2.24) is 5.32 Å². The maximum Gasteiger partial charge on any atom is 0.187 e. The lowest BCUT2D eigenvalue weighted by Crippen LogP contribution is -2.36. The van der Waals surface area contributed by atoms with Gasteiger partial charge in [0, 0.05) is 27.0 Å². The van der Waals surface area contributed by atoms with Crippen molar-refractivity contribution in [1.29, 1.82) is 0 Å². The lowest BCUT2D eigenvalue weighted by atomic mass is 9.83. The second-order valence-electron chi connectivity index (χ2n) is 5.95. The zero-order valence-corrected chi connectivity index (χ0v) is 15.4. The van der Waals surface area contributed by atoms with Crippen LogP contribution in [0.15, 0.2) is 40.1 Å². The highest BCUT2D eigenvalue weighted by molar-refractivity contribution is 14.1. The molecule has 5 nitrogen and oxygen atoms in total. The summed E-state index contributed by atoms with van der Waals surface area (Å²) in [7, 11) is -3.45. The number of sulfone groups is 1. The van der Waals surface area contributed by atoms with E-state index in [0.717, 1.165) is 0 Å². The lowest BCUT2D eigenvalue weighted by Gasteiger charge is -2.33. The molecular weight excluding hydrogens is 448 g/mol. The Kier molecular flexibility index (Phi) is 3.81. The summed E-state index contributed by atoms with van der Waals surface area (Å²) in [4.78, 5) is 12.7. The average molecular weight is 461 g/mol. The minimum atomic E-state index is -3.45. The third kappa shape index (κ3) is 2.42. The summed E-state index contributed by atoms with van der Waals surface area (Å²) in [6.07, 6.45) is 0.386. The highest BCUT2D eigenvalue weighted by Gasteiger charge is 2.44. The molecule has 1 atom stereocenters. The number of Topliss-reactive ketones (excluding diaryl/α,β-unsaturated/α-hetero) is 1. The summed E-state index contributed by atoms with van der Waals surface area (Å²) >= 11 is 1.87. The minimum Gasteiger partial charge on any atom is -0.367 e. The number of rotatable bonds is 1. The van der Waals surface area contributed by atoms with E-state index in [4.69, 9.17) is 4.74 Å². The average Bonchev–Trinajstić information content (AvgIpc) is 2.84. The maximum absolute atomic E-state index is 13.6.